The number of nitrogens with two attached hydrogens (primary N) is 1. The van der Waals surface area contributed by atoms with Gasteiger partial charge >= 0.3 is 23.9 Å². The maximum atomic E-state index is 11.7. The summed E-state index contributed by atoms with van der Waals surface area (Å²) in [5.41, 5.74) is 3.20. The van der Waals surface area contributed by atoms with Crippen LogP contribution < -0.4 is 10.6 Å². The van der Waals surface area contributed by atoms with Crippen LogP contribution in [0.4, 0.5) is 11.4 Å². The SMILES string of the molecule is NCCN(c1cccc(C(=O)O)c1C(=O)O)c1cccc(C(=O)O)c1C(=O)O. The topological polar surface area (TPSA) is 178 Å². The molecular formula is C18H16N2O8. The van der Waals surface area contributed by atoms with Crippen LogP contribution in [-0.4, -0.2) is 57.4 Å². The van der Waals surface area contributed by atoms with Crippen LogP contribution in [0.3, 0.4) is 0 Å². The highest BCUT2D eigenvalue weighted by atomic mass is 16.4. The molecule has 0 saturated heterocycles. The van der Waals surface area contributed by atoms with Crippen LogP contribution in [0, 0.1) is 0 Å². The molecule has 0 aliphatic rings. The standard InChI is InChI=1S/C18H16N2O8/c19-7-8-20(11-5-1-3-9(15(21)22)13(11)17(25)26)12-6-2-4-10(16(23)24)14(12)18(27)28/h1-6H,7-8,19H2,(H,21,22)(H,23,24)(H,25,26)(H,27,28). The number of nitrogens with zero attached hydrogens (tertiary/aromatic N) is 1. The molecule has 10 nitrogen and oxygen atoms in total. The second-order valence-electron chi connectivity index (χ2n) is 5.56. The molecule has 0 saturated carbocycles. The van der Waals surface area contributed by atoms with Crippen LogP contribution in [0.25, 0.3) is 0 Å². The first-order chi connectivity index (χ1) is 13.2. The van der Waals surface area contributed by atoms with E-state index in [2.05, 4.69) is 0 Å². The molecule has 2 aromatic rings. The molecule has 0 aliphatic heterocycles. The molecule has 2 aromatic carbocycles. The molecule has 0 amide bonds. The zero-order valence-electron chi connectivity index (χ0n) is 14.3. The van der Waals surface area contributed by atoms with E-state index in [9.17, 15) is 39.6 Å². The van der Waals surface area contributed by atoms with Crippen molar-refractivity contribution >= 4 is 35.3 Å². The van der Waals surface area contributed by atoms with E-state index in [1.807, 2.05) is 0 Å². The fourth-order valence-corrected chi connectivity index (χ4v) is 2.84. The van der Waals surface area contributed by atoms with Crippen molar-refractivity contribution in [1.82, 2.24) is 0 Å². The van der Waals surface area contributed by atoms with Crippen molar-refractivity contribution in [1.29, 1.82) is 0 Å². The average Bonchev–Trinajstić information content (AvgIpc) is 2.64. The third kappa shape index (κ3) is 3.76. The Labute approximate surface area is 158 Å². The summed E-state index contributed by atoms with van der Waals surface area (Å²) in [5.74, 6) is -6.04. The maximum Gasteiger partial charge on any atom is 0.338 e. The fraction of sp³-hybridized carbons (Fsp3) is 0.111. The molecule has 6 N–H and O–H groups in total. The fourth-order valence-electron chi connectivity index (χ4n) is 2.84. The summed E-state index contributed by atoms with van der Waals surface area (Å²) in [6.45, 7) is -0.139. The minimum absolute atomic E-state index is 0.0489. The molecule has 0 aromatic heterocycles. The van der Waals surface area contributed by atoms with Crippen molar-refractivity contribution < 1.29 is 39.6 Å². The minimum atomic E-state index is -1.54. The first-order valence-electron chi connectivity index (χ1n) is 7.87. The van der Waals surface area contributed by atoms with Crippen molar-refractivity contribution in [3.8, 4) is 0 Å². The van der Waals surface area contributed by atoms with Gasteiger partial charge in [-0.3, -0.25) is 0 Å². The van der Waals surface area contributed by atoms with Crippen LogP contribution in [0.1, 0.15) is 41.4 Å². The van der Waals surface area contributed by atoms with Gasteiger partial charge in [0.15, 0.2) is 0 Å². The van der Waals surface area contributed by atoms with Gasteiger partial charge in [0.2, 0.25) is 0 Å². The van der Waals surface area contributed by atoms with Gasteiger partial charge in [-0.1, -0.05) is 12.1 Å². The summed E-state index contributed by atoms with van der Waals surface area (Å²) in [4.78, 5) is 47.6. The lowest BCUT2D eigenvalue weighted by Gasteiger charge is -2.28. The van der Waals surface area contributed by atoms with Crippen LogP contribution >= 0.6 is 0 Å². The number of carboxylic acids is 4. The number of anilines is 2. The summed E-state index contributed by atoms with van der Waals surface area (Å²) < 4.78 is 0. The minimum Gasteiger partial charge on any atom is -0.478 e. The van der Waals surface area contributed by atoms with E-state index >= 15 is 0 Å². The molecule has 0 spiro atoms. The maximum absolute atomic E-state index is 11.7. The van der Waals surface area contributed by atoms with Crippen LogP contribution in [-0.2, 0) is 0 Å². The number of benzene rings is 2. The zero-order chi connectivity index (χ0) is 21.0. The van der Waals surface area contributed by atoms with Gasteiger partial charge in [-0.2, -0.15) is 0 Å². The van der Waals surface area contributed by atoms with Gasteiger partial charge in [0.25, 0.3) is 0 Å². The number of hydrogen-bond acceptors (Lipinski definition) is 6. The van der Waals surface area contributed by atoms with Gasteiger partial charge < -0.3 is 31.1 Å². The normalized spacial score (nSPS) is 10.3. The molecule has 28 heavy (non-hydrogen) atoms. The third-order valence-corrected chi connectivity index (χ3v) is 3.91. The Kier molecular flexibility index (Phi) is 5.96. The first kappa shape index (κ1) is 20.4. The Bertz CT molecular complexity index is 895. The van der Waals surface area contributed by atoms with Gasteiger partial charge in [0.05, 0.1) is 33.6 Å². The number of hydrogen-bond donors (Lipinski definition) is 5. The quantitative estimate of drug-likeness (QED) is 0.445. The molecule has 10 heteroatoms. The molecular weight excluding hydrogens is 372 g/mol. The number of carboxylic acid groups (broad SMARTS) is 4. The van der Waals surface area contributed by atoms with E-state index in [0.717, 1.165) is 12.1 Å². The van der Waals surface area contributed by atoms with Crippen LogP contribution in [0.5, 0.6) is 0 Å². The first-order valence-corrected chi connectivity index (χ1v) is 7.87. The molecule has 0 bridgehead atoms. The smallest absolute Gasteiger partial charge is 0.338 e. The van der Waals surface area contributed by atoms with E-state index in [0.29, 0.717) is 0 Å². The average molecular weight is 388 g/mol. The molecule has 0 heterocycles. The second-order valence-corrected chi connectivity index (χ2v) is 5.56. The van der Waals surface area contributed by atoms with Gasteiger partial charge in [0.1, 0.15) is 0 Å². The van der Waals surface area contributed by atoms with Crippen molar-refractivity contribution in [3.05, 3.63) is 58.7 Å². The highest BCUT2D eigenvalue weighted by Gasteiger charge is 2.28. The van der Waals surface area contributed by atoms with Gasteiger partial charge in [0, 0.05) is 13.1 Å². The van der Waals surface area contributed by atoms with Crippen LogP contribution in [0.2, 0.25) is 0 Å². The Morgan fingerprint density at radius 3 is 1.39 bits per heavy atom. The molecule has 0 atom stereocenters. The third-order valence-electron chi connectivity index (χ3n) is 3.91. The number of rotatable bonds is 8. The monoisotopic (exact) mass is 388 g/mol. The number of carbonyl (C=O) groups is 4. The van der Waals surface area contributed by atoms with E-state index in [4.69, 9.17) is 5.73 Å². The van der Waals surface area contributed by atoms with Crippen molar-refractivity contribution in [3.63, 3.8) is 0 Å². The van der Waals surface area contributed by atoms with Crippen LogP contribution in [0.15, 0.2) is 36.4 Å². The lowest BCUT2D eigenvalue weighted by molar-refractivity contribution is 0.0651. The largest absolute Gasteiger partial charge is 0.478 e. The summed E-state index contributed by atoms with van der Waals surface area (Å²) in [7, 11) is 0. The Balaban J connectivity index is 2.86. The molecule has 0 radical (unpaired) electrons. The summed E-state index contributed by atoms with van der Waals surface area (Å²) >= 11 is 0. The van der Waals surface area contributed by atoms with Gasteiger partial charge in [-0.15, -0.1) is 0 Å². The van der Waals surface area contributed by atoms with Crippen molar-refractivity contribution in [2.24, 2.45) is 5.73 Å². The Morgan fingerprint density at radius 2 is 1.11 bits per heavy atom. The van der Waals surface area contributed by atoms with E-state index in [-0.39, 0.29) is 24.5 Å². The van der Waals surface area contributed by atoms with E-state index in [1.165, 1.54) is 29.2 Å². The zero-order valence-corrected chi connectivity index (χ0v) is 14.3. The Morgan fingerprint density at radius 1 is 0.714 bits per heavy atom. The summed E-state index contributed by atoms with van der Waals surface area (Å²) in [6.07, 6.45) is 0. The Hall–Kier alpha value is -3.92. The molecule has 2 rings (SSSR count). The highest BCUT2D eigenvalue weighted by molar-refractivity contribution is 6.09. The summed E-state index contributed by atoms with van der Waals surface area (Å²) in [6, 6.07) is 7.39. The second kappa shape index (κ2) is 8.18. The lowest BCUT2D eigenvalue weighted by atomic mass is 10.0. The predicted molar refractivity (Wildman–Crippen MR) is 96.8 cm³/mol. The molecule has 0 fully saturated rings. The van der Waals surface area contributed by atoms with E-state index < -0.39 is 46.1 Å². The van der Waals surface area contributed by atoms with Crippen molar-refractivity contribution in [2.75, 3.05) is 18.0 Å². The predicted octanol–water partition coefficient (Wildman–Crippen LogP) is 1.58. The van der Waals surface area contributed by atoms with E-state index in [1.54, 1.807) is 0 Å². The number of aromatic carboxylic acids is 4. The lowest BCUT2D eigenvalue weighted by Crippen LogP contribution is -2.29. The van der Waals surface area contributed by atoms with Crippen molar-refractivity contribution in [2.45, 2.75) is 0 Å². The molecule has 0 unspecified atom stereocenters. The summed E-state index contributed by atoms with van der Waals surface area (Å²) in [5, 5.41) is 37.7. The molecule has 0 aliphatic carbocycles. The van der Waals surface area contributed by atoms with Gasteiger partial charge in [-0.05, 0) is 24.3 Å². The molecule has 146 valence electrons. The van der Waals surface area contributed by atoms with Gasteiger partial charge in [-0.25, -0.2) is 19.2 Å². The highest BCUT2D eigenvalue weighted by Crippen LogP contribution is 2.34.